The van der Waals surface area contributed by atoms with Gasteiger partial charge in [0.05, 0.1) is 41.3 Å². The molecule has 1 aromatic carbocycles. The van der Waals surface area contributed by atoms with Crippen molar-refractivity contribution in [2.75, 3.05) is 18.4 Å². The molecule has 1 N–H and O–H groups in total. The highest BCUT2D eigenvalue weighted by Gasteiger charge is 2.24. The number of aromatic nitrogens is 4. The third-order valence-corrected chi connectivity index (χ3v) is 5.22. The van der Waals surface area contributed by atoms with Crippen LogP contribution in [0.3, 0.4) is 0 Å². The molecule has 0 spiro atoms. The van der Waals surface area contributed by atoms with E-state index in [9.17, 15) is 4.79 Å². The van der Waals surface area contributed by atoms with Crippen LogP contribution in [0.1, 0.15) is 19.8 Å². The van der Waals surface area contributed by atoms with Gasteiger partial charge >= 0.3 is 0 Å². The Morgan fingerprint density at radius 3 is 2.59 bits per heavy atom. The number of amides is 1. The summed E-state index contributed by atoms with van der Waals surface area (Å²) in [4.78, 5) is 14.7. The molecule has 4 rings (SSSR count). The number of anilines is 1. The average molecular weight is 380 g/mol. The highest BCUT2D eigenvalue weighted by Crippen LogP contribution is 2.25. The van der Waals surface area contributed by atoms with E-state index in [2.05, 4.69) is 25.5 Å². The summed E-state index contributed by atoms with van der Waals surface area (Å²) in [6.07, 6.45) is 5.58. The molecule has 1 aliphatic rings. The van der Waals surface area contributed by atoms with Gasteiger partial charge in [0.15, 0.2) is 5.82 Å². The van der Waals surface area contributed by atoms with Crippen molar-refractivity contribution in [1.82, 2.24) is 24.9 Å². The Hall–Kier alpha value is -2.61. The first-order chi connectivity index (χ1) is 13.8. The molecular weight excluding hydrogens is 361 g/mol. The Labute approximate surface area is 173 Å². The molecule has 0 bridgehead atoms. The summed E-state index contributed by atoms with van der Waals surface area (Å²) in [5.74, 6) is 0.342. The first-order valence-corrected chi connectivity index (χ1v) is 9.56. The van der Waals surface area contributed by atoms with Gasteiger partial charge in [0.1, 0.15) is 0 Å². The van der Waals surface area contributed by atoms with E-state index in [4.69, 9.17) is 23.5 Å². The first kappa shape index (κ1) is 19.7. The molecule has 1 aliphatic heterocycles. The van der Waals surface area contributed by atoms with E-state index < -0.39 is 5.24 Å². The summed E-state index contributed by atoms with van der Waals surface area (Å²) >= 11 is 0. The number of hydrogen-bond acceptors (Lipinski definition) is 5. The Morgan fingerprint density at radius 2 is 1.90 bits per heavy atom. The van der Waals surface area contributed by atoms with Crippen LogP contribution in [0.15, 0.2) is 36.7 Å². The third-order valence-electron chi connectivity index (χ3n) is 5.22. The zero-order valence-corrected chi connectivity index (χ0v) is 16.2. The van der Waals surface area contributed by atoms with Crippen LogP contribution in [0.2, 0.25) is 0 Å². The number of benzene rings is 1. The minimum absolute atomic E-state index is 0.0804. The summed E-state index contributed by atoms with van der Waals surface area (Å²) in [6, 6.07) is 7.31. The van der Waals surface area contributed by atoms with E-state index in [0.29, 0.717) is 5.82 Å². The first-order valence-electron chi connectivity index (χ1n) is 9.56. The predicted molar refractivity (Wildman–Crippen MR) is 115 cm³/mol. The molecule has 0 saturated carbocycles. The molecule has 7 nitrogen and oxygen atoms in total. The minimum Gasteiger partial charge on any atom is -0.308 e. The lowest BCUT2D eigenvalue weighted by Crippen LogP contribution is -2.40. The van der Waals surface area contributed by atoms with E-state index in [0.717, 1.165) is 48.0 Å². The number of fused-ring (bicyclic) bond motifs is 1. The van der Waals surface area contributed by atoms with Crippen LogP contribution in [0, 0.1) is 0 Å². The van der Waals surface area contributed by atoms with Crippen LogP contribution >= 0.6 is 0 Å². The van der Waals surface area contributed by atoms with Crippen LogP contribution in [0.4, 0.5) is 5.82 Å². The van der Waals surface area contributed by atoms with Crippen molar-refractivity contribution in [2.45, 2.75) is 31.0 Å². The molecule has 0 aliphatic carbocycles. The lowest BCUT2D eigenvalue weighted by molar-refractivity contribution is -0.120. The maximum absolute atomic E-state index is 12.6. The summed E-state index contributed by atoms with van der Waals surface area (Å²) < 4.78 is 1.29. The molecular formula is C19H19B3N6O. The molecule has 1 atom stereocenters. The van der Waals surface area contributed by atoms with Gasteiger partial charge in [-0.3, -0.25) is 14.4 Å². The topological polar surface area (TPSA) is 75.9 Å². The largest absolute Gasteiger partial charge is 0.308 e. The van der Waals surface area contributed by atoms with Gasteiger partial charge in [-0.2, -0.15) is 5.10 Å². The van der Waals surface area contributed by atoms with Gasteiger partial charge in [0.2, 0.25) is 5.91 Å². The van der Waals surface area contributed by atoms with E-state index in [-0.39, 0.29) is 11.9 Å². The normalized spacial score (nSPS) is 16.2. The second-order valence-corrected chi connectivity index (χ2v) is 7.47. The van der Waals surface area contributed by atoms with Crippen molar-refractivity contribution < 1.29 is 4.79 Å². The van der Waals surface area contributed by atoms with Crippen LogP contribution in [-0.2, 0) is 10.0 Å². The van der Waals surface area contributed by atoms with Crippen molar-refractivity contribution in [3.8, 4) is 11.1 Å². The average Bonchev–Trinajstić information content (AvgIpc) is 3.38. The highest BCUT2D eigenvalue weighted by molar-refractivity contribution is 6.56. The Kier molecular flexibility index (Phi) is 5.21. The zero-order valence-electron chi connectivity index (χ0n) is 16.2. The second kappa shape index (κ2) is 7.67. The predicted octanol–water partition coefficient (Wildman–Crippen LogP) is 0.989. The van der Waals surface area contributed by atoms with Crippen molar-refractivity contribution in [1.29, 1.82) is 0 Å². The molecule has 1 amide bonds. The Morgan fingerprint density at radius 1 is 1.14 bits per heavy atom. The van der Waals surface area contributed by atoms with E-state index >= 15 is 0 Å². The lowest BCUT2D eigenvalue weighted by Gasteiger charge is -2.22. The van der Waals surface area contributed by atoms with Crippen molar-refractivity contribution >= 4 is 46.2 Å². The molecule has 0 unspecified atom stereocenters. The van der Waals surface area contributed by atoms with Gasteiger partial charge in [0, 0.05) is 17.1 Å². The van der Waals surface area contributed by atoms with Gasteiger partial charge in [-0.15, -0.1) is 10.2 Å². The number of nitrogens with one attached hydrogen (secondary N) is 1. The number of nitrogens with zero attached hydrogens (tertiary/aromatic N) is 5. The maximum atomic E-state index is 12.6. The van der Waals surface area contributed by atoms with Gasteiger partial charge < -0.3 is 5.32 Å². The SMILES string of the molecule is [B]C([B])([B])n1cc(-c2ccc3nnc(NC(=O)[C@H](C)N4CCCC4)cc3c2)cn1. The zero-order chi connectivity index (χ0) is 20.6. The van der Waals surface area contributed by atoms with Crippen LogP contribution in [0.5, 0.6) is 0 Å². The van der Waals surface area contributed by atoms with Crippen LogP contribution < -0.4 is 5.32 Å². The highest BCUT2D eigenvalue weighted by atomic mass is 16.2. The fourth-order valence-corrected chi connectivity index (χ4v) is 3.49. The summed E-state index contributed by atoms with van der Waals surface area (Å²) in [6.45, 7) is 3.81. The van der Waals surface area contributed by atoms with E-state index in [1.54, 1.807) is 12.4 Å². The summed E-state index contributed by atoms with van der Waals surface area (Å²) in [5.41, 5.74) is 2.42. The Bertz CT molecular complexity index is 1040. The van der Waals surface area contributed by atoms with Crippen molar-refractivity contribution in [3.05, 3.63) is 36.7 Å². The molecule has 10 heteroatoms. The molecule has 140 valence electrons. The van der Waals surface area contributed by atoms with Gasteiger partial charge in [-0.1, -0.05) is 6.07 Å². The Balaban J connectivity index is 1.56. The monoisotopic (exact) mass is 380 g/mol. The number of hydrogen-bond donors (Lipinski definition) is 1. The number of carbonyl (C=O) groups is 1. The lowest BCUT2D eigenvalue weighted by atomic mass is 9.49. The smallest absolute Gasteiger partial charge is 0.242 e. The van der Waals surface area contributed by atoms with E-state index in [1.165, 1.54) is 4.68 Å². The van der Waals surface area contributed by atoms with Gasteiger partial charge in [-0.25, -0.2) is 0 Å². The fourth-order valence-electron chi connectivity index (χ4n) is 3.49. The summed E-state index contributed by atoms with van der Waals surface area (Å²) in [5, 5.41) is 14.6. The second-order valence-electron chi connectivity index (χ2n) is 7.47. The van der Waals surface area contributed by atoms with Gasteiger partial charge in [-0.05, 0) is 61.9 Å². The minimum atomic E-state index is -1.57. The molecule has 6 radical (unpaired) electrons. The maximum Gasteiger partial charge on any atom is 0.242 e. The van der Waals surface area contributed by atoms with Gasteiger partial charge in [0.25, 0.3) is 0 Å². The van der Waals surface area contributed by atoms with E-state index in [1.807, 2.05) is 31.2 Å². The number of likely N-dealkylation sites (tertiary alicyclic amines) is 1. The van der Waals surface area contributed by atoms with Crippen molar-refractivity contribution in [2.24, 2.45) is 0 Å². The number of carbonyl (C=O) groups excluding carboxylic acids is 1. The van der Waals surface area contributed by atoms with Crippen molar-refractivity contribution in [3.63, 3.8) is 0 Å². The molecule has 2 aromatic heterocycles. The third kappa shape index (κ3) is 4.22. The quantitative estimate of drug-likeness (QED) is 0.669. The van der Waals surface area contributed by atoms with Crippen LogP contribution in [0.25, 0.3) is 22.0 Å². The molecule has 3 aromatic rings. The summed E-state index contributed by atoms with van der Waals surface area (Å²) in [7, 11) is 17.0. The molecule has 1 saturated heterocycles. The molecule has 1 fully saturated rings. The fraction of sp³-hybridized carbons (Fsp3) is 0.368. The molecule has 3 heterocycles. The standard InChI is InChI=1S/C19H19B3N6O/c1-12(27-6-2-3-7-27)18(29)24-17-9-14-8-13(4-5-16(14)25-26-17)15-10-23-28(11-15)19(20,21)22/h4-5,8-12H,2-3,6-7H2,1H3,(H,24,26,29)/t12-/m0/s1. The molecule has 29 heavy (non-hydrogen) atoms. The number of rotatable bonds is 5. The van der Waals surface area contributed by atoms with Crippen LogP contribution in [-0.4, -0.2) is 73.5 Å².